The number of hydrogen-bond donors (Lipinski definition) is 0. The highest BCUT2D eigenvalue weighted by Crippen LogP contribution is 2.24. The van der Waals surface area contributed by atoms with Crippen LogP contribution in [0.25, 0.3) is 0 Å². The van der Waals surface area contributed by atoms with E-state index in [1.165, 1.54) is 6.07 Å². The lowest BCUT2D eigenvalue weighted by molar-refractivity contribution is 0.202. The van der Waals surface area contributed by atoms with Crippen LogP contribution in [0.1, 0.15) is 13.8 Å². The number of rotatable bonds is 4. The lowest BCUT2D eigenvalue weighted by atomic mass is 9.98. The third-order valence-electron chi connectivity index (χ3n) is 1.88. The van der Waals surface area contributed by atoms with Gasteiger partial charge in [0.1, 0.15) is 11.6 Å². The van der Waals surface area contributed by atoms with Crippen molar-refractivity contribution in [2.24, 2.45) is 5.41 Å². The number of ether oxygens (including phenoxy) is 1. The molecule has 0 spiro atoms. The maximum absolute atomic E-state index is 13.1. The third-order valence-corrected chi connectivity index (χ3v) is 4.04. The Balaban J connectivity index is 2.62. The van der Waals surface area contributed by atoms with Gasteiger partial charge in [-0.1, -0.05) is 29.8 Å². The molecular formula is C11H13Br2FO. The standard InChI is InChI=1S/C11H13Br2FO/c1-11(2,6-12)7-15-8-3-4-9(13)10(14)5-8/h3-5H,6-7H2,1-2H3. The first-order valence-electron chi connectivity index (χ1n) is 4.58. The quantitative estimate of drug-likeness (QED) is 0.739. The molecule has 0 heterocycles. The first-order chi connectivity index (χ1) is 6.94. The second kappa shape index (κ2) is 5.30. The fourth-order valence-electron chi connectivity index (χ4n) is 0.884. The van der Waals surface area contributed by atoms with Gasteiger partial charge in [0.05, 0.1) is 11.1 Å². The fraction of sp³-hybridized carbons (Fsp3) is 0.455. The summed E-state index contributed by atoms with van der Waals surface area (Å²) >= 11 is 6.50. The number of hydrogen-bond acceptors (Lipinski definition) is 1. The Morgan fingerprint density at radius 3 is 2.60 bits per heavy atom. The molecule has 0 amide bonds. The van der Waals surface area contributed by atoms with Crippen molar-refractivity contribution >= 4 is 31.9 Å². The van der Waals surface area contributed by atoms with Crippen LogP contribution in [0.2, 0.25) is 0 Å². The van der Waals surface area contributed by atoms with Crippen molar-refractivity contribution < 1.29 is 9.13 Å². The zero-order valence-electron chi connectivity index (χ0n) is 8.69. The van der Waals surface area contributed by atoms with Crippen LogP contribution in [0.5, 0.6) is 5.75 Å². The summed E-state index contributed by atoms with van der Waals surface area (Å²) in [4.78, 5) is 0. The number of halogens is 3. The maximum atomic E-state index is 13.1. The van der Waals surface area contributed by atoms with Gasteiger partial charge in [-0.15, -0.1) is 0 Å². The molecule has 0 aliphatic carbocycles. The minimum absolute atomic E-state index is 0.0452. The fourth-order valence-corrected chi connectivity index (χ4v) is 1.29. The molecule has 0 aliphatic rings. The third kappa shape index (κ3) is 4.11. The summed E-state index contributed by atoms with van der Waals surface area (Å²) in [5, 5.41) is 0.846. The van der Waals surface area contributed by atoms with Crippen molar-refractivity contribution in [3.05, 3.63) is 28.5 Å². The summed E-state index contributed by atoms with van der Waals surface area (Å²) in [5.74, 6) is 0.258. The van der Waals surface area contributed by atoms with Gasteiger partial charge < -0.3 is 4.74 Å². The second-order valence-corrected chi connectivity index (χ2v) is 5.58. The summed E-state index contributed by atoms with van der Waals surface area (Å²) in [6, 6.07) is 4.78. The highest BCUT2D eigenvalue weighted by Gasteiger charge is 2.17. The molecule has 0 bridgehead atoms. The van der Waals surface area contributed by atoms with Crippen LogP contribution in [0.15, 0.2) is 22.7 Å². The molecule has 0 unspecified atom stereocenters. The van der Waals surface area contributed by atoms with Gasteiger partial charge in [0.2, 0.25) is 0 Å². The largest absolute Gasteiger partial charge is 0.493 e. The minimum atomic E-state index is -0.302. The van der Waals surface area contributed by atoms with Gasteiger partial charge >= 0.3 is 0 Å². The van der Waals surface area contributed by atoms with Crippen LogP contribution in [0.4, 0.5) is 4.39 Å². The Bertz CT molecular complexity index is 339. The van der Waals surface area contributed by atoms with Crippen LogP contribution in [-0.2, 0) is 0 Å². The van der Waals surface area contributed by atoms with Crippen molar-refractivity contribution in [3.63, 3.8) is 0 Å². The van der Waals surface area contributed by atoms with Crippen LogP contribution in [0, 0.1) is 11.2 Å². The van der Waals surface area contributed by atoms with Gasteiger partial charge in [0.15, 0.2) is 0 Å². The topological polar surface area (TPSA) is 9.23 Å². The van der Waals surface area contributed by atoms with Crippen molar-refractivity contribution in [2.45, 2.75) is 13.8 Å². The molecule has 84 valence electrons. The van der Waals surface area contributed by atoms with Crippen molar-refractivity contribution in [1.82, 2.24) is 0 Å². The van der Waals surface area contributed by atoms with E-state index in [0.717, 1.165) is 5.33 Å². The lowest BCUT2D eigenvalue weighted by Gasteiger charge is -2.21. The van der Waals surface area contributed by atoms with E-state index in [9.17, 15) is 4.39 Å². The van der Waals surface area contributed by atoms with E-state index in [4.69, 9.17) is 4.74 Å². The van der Waals surface area contributed by atoms with E-state index in [-0.39, 0.29) is 11.2 Å². The lowest BCUT2D eigenvalue weighted by Crippen LogP contribution is -2.22. The first-order valence-corrected chi connectivity index (χ1v) is 6.50. The number of benzene rings is 1. The molecule has 1 aromatic carbocycles. The zero-order valence-corrected chi connectivity index (χ0v) is 11.9. The van der Waals surface area contributed by atoms with Crippen molar-refractivity contribution in [1.29, 1.82) is 0 Å². The van der Waals surface area contributed by atoms with Crippen LogP contribution in [0.3, 0.4) is 0 Å². The molecule has 0 radical (unpaired) electrons. The highest BCUT2D eigenvalue weighted by molar-refractivity contribution is 9.10. The Hall–Kier alpha value is -0.0900. The summed E-state index contributed by atoms with van der Waals surface area (Å²) in [7, 11) is 0. The van der Waals surface area contributed by atoms with Crippen LogP contribution in [-0.4, -0.2) is 11.9 Å². The molecule has 0 N–H and O–H groups in total. The average Bonchev–Trinajstić information content (AvgIpc) is 2.20. The SMILES string of the molecule is CC(C)(CBr)COc1ccc(Br)c(F)c1. The summed E-state index contributed by atoms with van der Waals surface area (Å²) < 4.78 is 19.1. The van der Waals surface area contributed by atoms with Gasteiger partial charge in [-0.3, -0.25) is 0 Å². The Labute approximate surface area is 106 Å². The maximum Gasteiger partial charge on any atom is 0.141 e. The molecule has 0 fully saturated rings. The summed E-state index contributed by atoms with van der Waals surface area (Å²) in [6.07, 6.45) is 0. The Kier molecular flexibility index (Phi) is 4.59. The Morgan fingerprint density at radius 2 is 2.07 bits per heavy atom. The molecule has 15 heavy (non-hydrogen) atoms. The highest BCUT2D eigenvalue weighted by atomic mass is 79.9. The van der Waals surface area contributed by atoms with Crippen LogP contribution >= 0.6 is 31.9 Å². The van der Waals surface area contributed by atoms with Gasteiger partial charge in [0, 0.05) is 16.8 Å². The van der Waals surface area contributed by atoms with E-state index in [2.05, 4.69) is 45.7 Å². The minimum Gasteiger partial charge on any atom is -0.493 e. The van der Waals surface area contributed by atoms with Gasteiger partial charge in [-0.2, -0.15) is 0 Å². The predicted octanol–water partition coefficient (Wildman–Crippen LogP) is 4.39. The average molecular weight is 340 g/mol. The number of alkyl halides is 1. The Morgan fingerprint density at radius 1 is 1.40 bits per heavy atom. The molecule has 0 saturated carbocycles. The van der Waals surface area contributed by atoms with E-state index < -0.39 is 0 Å². The molecule has 1 aromatic rings. The molecule has 4 heteroatoms. The monoisotopic (exact) mass is 338 g/mol. The normalized spacial score (nSPS) is 11.5. The van der Waals surface area contributed by atoms with Gasteiger partial charge in [-0.05, 0) is 28.1 Å². The van der Waals surface area contributed by atoms with E-state index in [1.54, 1.807) is 12.1 Å². The first kappa shape index (κ1) is 13.0. The molecule has 1 nitrogen and oxygen atoms in total. The molecule has 0 aliphatic heterocycles. The zero-order chi connectivity index (χ0) is 11.5. The van der Waals surface area contributed by atoms with Crippen molar-refractivity contribution in [2.75, 3.05) is 11.9 Å². The van der Waals surface area contributed by atoms with Gasteiger partial charge in [0.25, 0.3) is 0 Å². The molecular weight excluding hydrogens is 327 g/mol. The second-order valence-electron chi connectivity index (χ2n) is 4.16. The summed E-state index contributed by atoms with van der Waals surface area (Å²) in [6.45, 7) is 4.72. The van der Waals surface area contributed by atoms with Gasteiger partial charge in [-0.25, -0.2) is 4.39 Å². The molecule has 0 saturated heterocycles. The van der Waals surface area contributed by atoms with E-state index in [0.29, 0.717) is 16.8 Å². The van der Waals surface area contributed by atoms with Crippen LogP contribution < -0.4 is 4.74 Å². The summed E-state index contributed by atoms with van der Waals surface area (Å²) in [5.41, 5.74) is 0.0452. The molecule has 0 aromatic heterocycles. The van der Waals surface area contributed by atoms with Crippen molar-refractivity contribution in [3.8, 4) is 5.75 Å². The van der Waals surface area contributed by atoms with E-state index in [1.807, 2.05) is 0 Å². The predicted molar refractivity (Wildman–Crippen MR) is 67.2 cm³/mol. The molecule has 1 rings (SSSR count). The van der Waals surface area contributed by atoms with E-state index >= 15 is 0 Å². The molecule has 0 atom stereocenters. The smallest absolute Gasteiger partial charge is 0.141 e.